The number of thioether (sulfide) groups is 1. The Morgan fingerprint density at radius 2 is 1.93 bits per heavy atom. The summed E-state index contributed by atoms with van der Waals surface area (Å²) in [5.41, 5.74) is -0.805. The van der Waals surface area contributed by atoms with Crippen LogP contribution in [0.15, 0.2) is 53.7 Å². The van der Waals surface area contributed by atoms with Crippen molar-refractivity contribution in [1.82, 2.24) is 20.2 Å². The fraction of sp³-hybridized carbons (Fsp3) is 0.176. The molecular formula is C17H13ClF3N5OS. The lowest BCUT2D eigenvalue weighted by Crippen LogP contribution is -2.22. The number of carbonyl (C=O) groups excluding carboxylic acids is 1. The van der Waals surface area contributed by atoms with Gasteiger partial charge in [0.2, 0.25) is 11.1 Å². The number of hydrogen-bond acceptors (Lipinski definition) is 5. The van der Waals surface area contributed by atoms with Crippen molar-refractivity contribution in [3.8, 4) is 0 Å². The van der Waals surface area contributed by atoms with Gasteiger partial charge in [0, 0.05) is 12.1 Å². The molecule has 0 aliphatic heterocycles. The van der Waals surface area contributed by atoms with Crippen LogP contribution in [-0.2, 0) is 18.0 Å². The molecular weight excluding hydrogens is 415 g/mol. The zero-order chi connectivity index (χ0) is 20.3. The molecule has 1 aromatic heterocycles. The van der Waals surface area contributed by atoms with Crippen LogP contribution in [-0.4, -0.2) is 26.1 Å². The molecule has 28 heavy (non-hydrogen) atoms. The number of nitrogens with one attached hydrogen (secondary N) is 1. The summed E-state index contributed by atoms with van der Waals surface area (Å²) in [6.45, 7) is 0. The number of nitrogens with zero attached hydrogens (tertiary/aromatic N) is 4. The molecule has 0 aliphatic carbocycles. The number of alkyl halides is 3. The third kappa shape index (κ3) is 4.63. The number of anilines is 1. The van der Waals surface area contributed by atoms with Gasteiger partial charge in [0.05, 0.1) is 11.3 Å². The zero-order valence-corrected chi connectivity index (χ0v) is 15.9. The lowest BCUT2D eigenvalue weighted by atomic mass is 10.1. The van der Waals surface area contributed by atoms with E-state index in [0.29, 0.717) is 10.7 Å². The SMILES string of the molecule is Cn1nnnc1SC(C(=O)Nc1ccc(Cl)cc1C(F)(F)F)c1ccccc1. The van der Waals surface area contributed by atoms with Gasteiger partial charge in [0.1, 0.15) is 5.25 Å². The van der Waals surface area contributed by atoms with Crippen molar-refractivity contribution in [2.24, 2.45) is 7.05 Å². The highest BCUT2D eigenvalue weighted by atomic mass is 35.5. The van der Waals surface area contributed by atoms with Crippen molar-refractivity contribution >= 4 is 35.0 Å². The molecule has 1 amide bonds. The second-order valence-corrected chi connectivity index (χ2v) is 7.18. The third-order valence-corrected chi connectivity index (χ3v) is 5.20. The number of aromatic nitrogens is 4. The number of rotatable bonds is 5. The van der Waals surface area contributed by atoms with Crippen LogP contribution in [0.5, 0.6) is 0 Å². The van der Waals surface area contributed by atoms with E-state index in [4.69, 9.17) is 11.6 Å². The monoisotopic (exact) mass is 427 g/mol. The van der Waals surface area contributed by atoms with Gasteiger partial charge in [-0.05, 0) is 34.2 Å². The van der Waals surface area contributed by atoms with Crippen LogP contribution in [0.2, 0.25) is 5.02 Å². The summed E-state index contributed by atoms with van der Waals surface area (Å²) in [6.07, 6.45) is -4.67. The van der Waals surface area contributed by atoms with Crippen molar-refractivity contribution in [3.05, 3.63) is 64.7 Å². The van der Waals surface area contributed by atoms with Crippen molar-refractivity contribution in [1.29, 1.82) is 0 Å². The first kappa shape index (κ1) is 20.2. The van der Waals surface area contributed by atoms with Crippen molar-refractivity contribution in [2.45, 2.75) is 16.6 Å². The molecule has 0 aliphatic rings. The van der Waals surface area contributed by atoms with Gasteiger partial charge in [-0.2, -0.15) is 13.2 Å². The van der Waals surface area contributed by atoms with Gasteiger partial charge in [-0.1, -0.05) is 53.7 Å². The van der Waals surface area contributed by atoms with E-state index in [1.54, 1.807) is 37.4 Å². The molecule has 146 valence electrons. The summed E-state index contributed by atoms with van der Waals surface area (Å²) in [5, 5.41) is 12.8. The van der Waals surface area contributed by atoms with Gasteiger partial charge in [-0.3, -0.25) is 4.79 Å². The van der Waals surface area contributed by atoms with Crippen LogP contribution in [0.1, 0.15) is 16.4 Å². The van der Waals surface area contributed by atoms with Gasteiger partial charge < -0.3 is 5.32 Å². The van der Waals surface area contributed by atoms with E-state index in [1.165, 1.54) is 10.7 Å². The summed E-state index contributed by atoms with van der Waals surface area (Å²) < 4.78 is 41.3. The van der Waals surface area contributed by atoms with Crippen molar-refractivity contribution in [3.63, 3.8) is 0 Å². The quantitative estimate of drug-likeness (QED) is 0.613. The van der Waals surface area contributed by atoms with Crippen LogP contribution in [0.3, 0.4) is 0 Å². The lowest BCUT2D eigenvalue weighted by Gasteiger charge is -2.19. The average molecular weight is 428 g/mol. The molecule has 0 saturated carbocycles. The molecule has 0 fully saturated rings. The highest BCUT2D eigenvalue weighted by molar-refractivity contribution is 8.00. The van der Waals surface area contributed by atoms with Gasteiger partial charge in [0.25, 0.3) is 0 Å². The molecule has 1 heterocycles. The van der Waals surface area contributed by atoms with E-state index in [2.05, 4.69) is 20.8 Å². The largest absolute Gasteiger partial charge is 0.418 e. The Labute approximate surface area is 167 Å². The maximum absolute atomic E-state index is 13.3. The number of amides is 1. The molecule has 2 aromatic carbocycles. The number of benzene rings is 2. The summed E-state index contributed by atoms with van der Waals surface area (Å²) >= 11 is 6.71. The highest BCUT2D eigenvalue weighted by Crippen LogP contribution is 2.39. The van der Waals surface area contributed by atoms with Gasteiger partial charge in [0.15, 0.2) is 0 Å². The Balaban J connectivity index is 1.94. The van der Waals surface area contributed by atoms with E-state index < -0.39 is 22.9 Å². The molecule has 3 aromatic rings. The minimum absolute atomic E-state index is 0.0792. The summed E-state index contributed by atoms with van der Waals surface area (Å²) in [4.78, 5) is 12.9. The fourth-order valence-corrected chi connectivity index (χ4v) is 3.50. The molecule has 6 nitrogen and oxygen atoms in total. The molecule has 0 spiro atoms. The number of hydrogen-bond donors (Lipinski definition) is 1. The maximum atomic E-state index is 13.3. The van der Waals surface area contributed by atoms with Crippen molar-refractivity contribution < 1.29 is 18.0 Å². The molecule has 3 rings (SSSR count). The molecule has 0 radical (unpaired) electrons. The molecule has 1 unspecified atom stereocenters. The Bertz CT molecular complexity index is 980. The average Bonchev–Trinajstić information content (AvgIpc) is 3.05. The van der Waals surface area contributed by atoms with Crippen LogP contribution in [0.4, 0.5) is 18.9 Å². The van der Waals surface area contributed by atoms with E-state index in [0.717, 1.165) is 23.9 Å². The second kappa shape index (κ2) is 8.19. The van der Waals surface area contributed by atoms with Crippen LogP contribution in [0, 0.1) is 0 Å². The minimum atomic E-state index is -4.67. The Morgan fingerprint density at radius 3 is 2.54 bits per heavy atom. The number of tetrazole rings is 1. The van der Waals surface area contributed by atoms with Crippen molar-refractivity contribution in [2.75, 3.05) is 5.32 Å². The van der Waals surface area contributed by atoms with E-state index in [-0.39, 0.29) is 10.7 Å². The molecule has 0 saturated heterocycles. The molecule has 11 heteroatoms. The minimum Gasteiger partial charge on any atom is -0.324 e. The Kier molecular flexibility index (Phi) is 5.90. The second-order valence-electron chi connectivity index (χ2n) is 5.67. The molecule has 0 bridgehead atoms. The Hall–Kier alpha value is -2.59. The molecule has 1 N–H and O–H groups in total. The number of carbonyl (C=O) groups is 1. The van der Waals surface area contributed by atoms with Crippen LogP contribution < -0.4 is 5.32 Å². The first-order valence-electron chi connectivity index (χ1n) is 7.87. The van der Waals surface area contributed by atoms with E-state index in [9.17, 15) is 18.0 Å². The first-order valence-corrected chi connectivity index (χ1v) is 9.13. The molecule has 1 atom stereocenters. The van der Waals surface area contributed by atoms with Gasteiger partial charge in [-0.25, -0.2) is 4.68 Å². The first-order chi connectivity index (χ1) is 13.3. The van der Waals surface area contributed by atoms with Gasteiger partial charge >= 0.3 is 6.18 Å². The lowest BCUT2D eigenvalue weighted by molar-refractivity contribution is -0.137. The smallest absolute Gasteiger partial charge is 0.324 e. The predicted molar refractivity (Wildman–Crippen MR) is 98.9 cm³/mol. The van der Waals surface area contributed by atoms with Gasteiger partial charge in [-0.15, -0.1) is 5.10 Å². The topological polar surface area (TPSA) is 72.7 Å². The Morgan fingerprint density at radius 1 is 1.21 bits per heavy atom. The highest BCUT2D eigenvalue weighted by Gasteiger charge is 2.35. The standard InChI is InChI=1S/C17H13ClF3N5OS/c1-26-16(23-24-25-26)28-14(10-5-3-2-4-6-10)15(27)22-13-8-7-11(18)9-12(13)17(19,20)21/h2-9,14H,1H3,(H,22,27). The van der Waals surface area contributed by atoms with Crippen LogP contribution in [0.25, 0.3) is 0 Å². The zero-order valence-electron chi connectivity index (χ0n) is 14.3. The summed E-state index contributed by atoms with van der Waals surface area (Å²) in [5.74, 6) is -0.646. The maximum Gasteiger partial charge on any atom is 0.418 e. The summed E-state index contributed by atoms with van der Waals surface area (Å²) in [6, 6.07) is 11.8. The summed E-state index contributed by atoms with van der Waals surface area (Å²) in [7, 11) is 1.60. The van der Waals surface area contributed by atoms with E-state index >= 15 is 0 Å². The fourth-order valence-electron chi connectivity index (χ4n) is 2.39. The third-order valence-electron chi connectivity index (χ3n) is 3.69. The van der Waals surface area contributed by atoms with E-state index in [1.807, 2.05) is 0 Å². The predicted octanol–water partition coefficient (Wildman–Crippen LogP) is 4.35. The van der Waals surface area contributed by atoms with Crippen LogP contribution >= 0.6 is 23.4 Å². The number of halogens is 4. The number of aryl methyl sites for hydroxylation is 1. The normalized spacial score (nSPS) is 12.6.